The van der Waals surface area contributed by atoms with Crippen LogP contribution in [0.25, 0.3) is 0 Å². The van der Waals surface area contributed by atoms with E-state index in [1.165, 1.54) is 44.9 Å². The summed E-state index contributed by atoms with van der Waals surface area (Å²) in [5.41, 5.74) is 0. The average molecular weight is 318 g/mol. The van der Waals surface area contributed by atoms with Crippen molar-refractivity contribution in [3.63, 3.8) is 0 Å². The van der Waals surface area contributed by atoms with Gasteiger partial charge in [0.1, 0.15) is 0 Å². The smallest absolute Gasteiger partial charge is 0.162 e. The Kier molecular flexibility index (Phi) is 14.3. The molecule has 0 amide bonds. The molecule has 0 unspecified atom stereocenters. The van der Waals surface area contributed by atoms with Gasteiger partial charge in [-0.2, -0.15) is 0 Å². The standard InChI is InChI=1S/C12H26O2.C6H12O2/c1-2-3-4-5-6-7-8-9-10-11-12(13)14;7-6(8)4-2-1-3-5-6/h12-14H,2-11H2,1H3;7-8H,1-5H2. The van der Waals surface area contributed by atoms with Gasteiger partial charge in [0, 0.05) is 12.8 Å². The van der Waals surface area contributed by atoms with Gasteiger partial charge < -0.3 is 20.4 Å². The highest BCUT2D eigenvalue weighted by atomic mass is 16.5. The van der Waals surface area contributed by atoms with Crippen LogP contribution in [0.2, 0.25) is 0 Å². The third-order valence-electron chi connectivity index (χ3n) is 4.22. The van der Waals surface area contributed by atoms with Crippen molar-refractivity contribution in [1.82, 2.24) is 0 Å². The third-order valence-corrected chi connectivity index (χ3v) is 4.22. The molecule has 0 atom stereocenters. The van der Waals surface area contributed by atoms with E-state index in [1.54, 1.807) is 0 Å². The Hall–Kier alpha value is -0.160. The molecule has 4 N–H and O–H groups in total. The monoisotopic (exact) mass is 318 g/mol. The molecular formula is C18H38O4. The number of rotatable bonds is 10. The summed E-state index contributed by atoms with van der Waals surface area (Å²) in [6.07, 6.45) is 15.1. The van der Waals surface area contributed by atoms with Crippen LogP contribution in [-0.4, -0.2) is 32.5 Å². The van der Waals surface area contributed by atoms with Crippen LogP contribution in [0.4, 0.5) is 0 Å². The van der Waals surface area contributed by atoms with E-state index in [-0.39, 0.29) is 0 Å². The maximum Gasteiger partial charge on any atom is 0.162 e. The first-order valence-electron chi connectivity index (χ1n) is 9.29. The molecule has 0 aliphatic heterocycles. The summed E-state index contributed by atoms with van der Waals surface area (Å²) in [6.45, 7) is 2.24. The molecule has 0 bridgehead atoms. The molecule has 0 aromatic rings. The molecule has 0 heterocycles. The molecular weight excluding hydrogens is 280 g/mol. The summed E-state index contributed by atoms with van der Waals surface area (Å²) in [6, 6.07) is 0. The number of unbranched alkanes of at least 4 members (excludes halogenated alkanes) is 8. The Morgan fingerprint density at radius 2 is 1.18 bits per heavy atom. The summed E-state index contributed by atoms with van der Waals surface area (Å²) < 4.78 is 0. The topological polar surface area (TPSA) is 80.9 Å². The van der Waals surface area contributed by atoms with Gasteiger partial charge in [-0.25, -0.2) is 0 Å². The largest absolute Gasteiger partial charge is 0.368 e. The minimum Gasteiger partial charge on any atom is -0.368 e. The van der Waals surface area contributed by atoms with Gasteiger partial charge in [-0.1, -0.05) is 64.7 Å². The Labute approximate surface area is 136 Å². The van der Waals surface area contributed by atoms with Crippen LogP contribution in [0.15, 0.2) is 0 Å². The first-order valence-corrected chi connectivity index (χ1v) is 9.29. The van der Waals surface area contributed by atoms with Crippen molar-refractivity contribution in [3.05, 3.63) is 0 Å². The average Bonchev–Trinajstić information content (AvgIpc) is 2.46. The van der Waals surface area contributed by atoms with E-state index < -0.39 is 12.1 Å². The second kappa shape index (κ2) is 14.4. The van der Waals surface area contributed by atoms with E-state index in [1.807, 2.05) is 0 Å². The van der Waals surface area contributed by atoms with Crippen LogP contribution < -0.4 is 0 Å². The number of hydrogen-bond donors (Lipinski definition) is 4. The van der Waals surface area contributed by atoms with Crippen molar-refractivity contribution < 1.29 is 20.4 Å². The quantitative estimate of drug-likeness (QED) is 0.364. The van der Waals surface area contributed by atoms with Crippen molar-refractivity contribution in [2.45, 2.75) is 115 Å². The third kappa shape index (κ3) is 16.2. The van der Waals surface area contributed by atoms with E-state index in [0.29, 0.717) is 19.3 Å². The number of hydrogen-bond acceptors (Lipinski definition) is 4. The molecule has 4 nitrogen and oxygen atoms in total. The fraction of sp³-hybridized carbons (Fsp3) is 1.00. The zero-order chi connectivity index (χ0) is 16.7. The van der Waals surface area contributed by atoms with Crippen molar-refractivity contribution in [2.24, 2.45) is 0 Å². The molecule has 1 aliphatic carbocycles. The molecule has 1 saturated carbocycles. The van der Waals surface area contributed by atoms with Gasteiger partial charge in [0.15, 0.2) is 12.1 Å². The molecule has 1 rings (SSSR count). The van der Waals surface area contributed by atoms with Crippen molar-refractivity contribution in [3.8, 4) is 0 Å². The van der Waals surface area contributed by atoms with E-state index in [0.717, 1.165) is 32.1 Å². The van der Waals surface area contributed by atoms with Crippen molar-refractivity contribution in [1.29, 1.82) is 0 Å². The molecule has 0 spiro atoms. The van der Waals surface area contributed by atoms with Gasteiger partial charge in [0.2, 0.25) is 0 Å². The second-order valence-electron chi connectivity index (χ2n) is 6.64. The normalized spacial score (nSPS) is 17.2. The minimum atomic E-state index is -1.32. The van der Waals surface area contributed by atoms with Gasteiger partial charge in [0.25, 0.3) is 0 Å². The summed E-state index contributed by atoms with van der Waals surface area (Å²) in [4.78, 5) is 0. The van der Waals surface area contributed by atoms with Gasteiger partial charge in [-0.05, 0) is 25.7 Å². The molecule has 134 valence electrons. The van der Waals surface area contributed by atoms with Crippen LogP contribution in [-0.2, 0) is 0 Å². The maximum atomic E-state index is 8.93. The molecule has 4 heteroatoms. The lowest BCUT2D eigenvalue weighted by Gasteiger charge is -2.25. The van der Waals surface area contributed by atoms with Crippen LogP contribution in [0.3, 0.4) is 0 Å². The predicted octanol–water partition coefficient (Wildman–Crippen LogP) is 3.85. The molecule has 0 aromatic carbocycles. The molecule has 0 radical (unpaired) electrons. The van der Waals surface area contributed by atoms with Gasteiger partial charge in [0.05, 0.1) is 0 Å². The Morgan fingerprint density at radius 1 is 0.727 bits per heavy atom. The number of aliphatic hydroxyl groups is 4. The SMILES string of the molecule is CCCCCCCCCCCC(O)O.OC1(O)CCCCC1. The van der Waals surface area contributed by atoms with Crippen LogP contribution in [0, 0.1) is 0 Å². The van der Waals surface area contributed by atoms with Crippen molar-refractivity contribution in [2.75, 3.05) is 0 Å². The Bertz CT molecular complexity index is 221. The molecule has 0 aromatic heterocycles. The van der Waals surface area contributed by atoms with Crippen LogP contribution >= 0.6 is 0 Å². The molecule has 1 aliphatic rings. The Balaban J connectivity index is 0.000000461. The number of aliphatic hydroxyl groups excluding tert-OH is 1. The van der Waals surface area contributed by atoms with E-state index in [2.05, 4.69) is 6.92 Å². The maximum absolute atomic E-state index is 8.93. The van der Waals surface area contributed by atoms with Crippen molar-refractivity contribution >= 4 is 0 Å². The van der Waals surface area contributed by atoms with Gasteiger partial charge in [-0.3, -0.25) is 0 Å². The lowest BCUT2D eigenvalue weighted by molar-refractivity contribution is -0.180. The molecule has 1 fully saturated rings. The van der Waals surface area contributed by atoms with Gasteiger partial charge in [-0.15, -0.1) is 0 Å². The van der Waals surface area contributed by atoms with E-state index in [4.69, 9.17) is 20.4 Å². The fourth-order valence-corrected chi connectivity index (χ4v) is 2.76. The molecule has 0 saturated heterocycles. The first kappa shape index (κ1) is 21.8. The zero-order valence-corrected chi connectivity index (χ0v) is 14.5. The first-order chi connectivity index (χ1) is 10.5. The van der Waals surface area contributed by atoms with E-state index >= 15 is 0 Å². The van der Waals surface area contributed by atoms with E-state index in [9.17, 15) is 0 Å². The van der Waals surface area contributed by atoms with Crippen LogP contribution in [0.5, 0.6) is 0 Å². The fourth-order valence-electron chi connectivity index (χ4n) is 2.76. The minimum absolute atomic E-state index is 0.538. The predicted molar refractivity (Wildman–Crippen MR) is 90.3 cm³/mol. The highest BCUT2D eigenvalue weighted by Crippen LogP contribution is 2.24. The lowest BCUT2D eigenvalue weighted by atomic mass is 9.95. The summed E-state index contributed by atoms with van der Waals surface area (Å²) in [5.74, 6) is -1.32. The summed E-state index contributed by atoms with van der Waals surface area (Å²) in [5, 5.41) is 35.1. The molecule has 22 heavy (non-hydrogen) atoms. The van der Waals surface area contributed by atoms with Gasteiger partial charge >= 0.3 is 0 Å². The highest BCUT2D eigenvalue weighted by molar-refractivity contribution is 4.69. The summed E-state index contributed by atoms with van der Waals surface area (Å²) >= 11 is 0. The summed E-state index contributed by atoms with van der Waals surface area (Å²) in [7, 11) is 0. The Morgan fingerprint density at radius 3 is 1.55 bits per heavy atom. The van der Waals surface area contributed by atoms with Crippen LogP contribution in [0.1, 0.15) is 103 Å². The lowest BCUT2D eigenvalue weighted by Crippen LogP contribution is -2.30. The highest BCUT2D eigenvalue weighted by Gasteiger charge is 2.24. The second-order valence-corrected chi connectivity index (χ2v) is 6.64. The zero-order valence-electron chi connectivity index (χ0n) is 14.5.